The summed E-state index contributed by atoms with van der Waals surface area (Å²) in [6.07, 6.45) is 0. The number of aliphatic imine (C=N–C) groups is 1. The van der Waals surface area contributed by atoms with E-state index in [1.165, 1.54) is 18.2 Å². The lowest BCUT2D eigenvalue weighted by atomic mass is 10.0. The van der Waals surface area contributed by atoms with Gasteiger partial charge in [-0.15, -0.1) is 11.6 Å². The molecule has 0 bridgehead atoms. The molecule has 20 heavy (non-hydrogen) atoms. The minimum absolute atomic E-state index is 0.0344. The van der Waals surface area contributed by atoms with E-state index in [-0.39, 0.29) is 28.7 Å². The normalized spacial score (nSPS) is 11.4. The summed E-state index contributed by atoms with van der Waals surface area (Å²) in [6, 6.07) is 12.8. The third-order valence-corrected chi connectivity index (χ3v) is 2.93. The molecule has 0 aliphatic heterocycles. The summed E-state index contributed by atoms with van der Waals surface area (Å²) < 4.78 is 13.9. The van der Waals surface area contributed by atoms with Crippen molar-refractivity contribution in [3.05, 3.63) is 65.5 Å². The predicted molar refractivity (Wildman–Crippen MR) is 78.3 cm³/mol. The Balaban J connectivity index is 2.52. The van der Waals surface area contributed by atoms with Crippen LogP contribution in [0.2, 0.25) is 0 Å². The van der Waals surface area contributed by atoms with E-state index in [0.717, 1.165) is 0 Å². The summed E-state index contributed by atoms with van der Waals surface area (Å²) in [5, 5.41) is 0. The van der Waals surface area contributed by atoms with Crippen LogP contribution in [0.5, 0.6) is 0 Å². The Bertz CT molecular complexity index is 656. The largest absolute Gasteiger partial charge is 0.386 e. The first-order valence-corrected chi connectivity index (χ1v) is 6.44. The van der Waals surface area contributed by atoms with Crippen LogP contribution in [0.3, 0.4) is 0 Å². The van der Waals surface area contributed by atoms with Crippen molar-refractivity contribution in [1.29, 1.82) is 0 Å². The van der Waals surface area contributed by atoms with Gasteiger partial charge in [0.05, 0.1) is 11.4 Å². The summed E-state index contributed by atoms with van der Waals surface area (Å²) in [6.45, 7) is 0. The summed E-state index contributed by atoms with van der Waals surface area (Å²) in [5.41, 5.74) is 6.05. The van der Waals surface area contributed by atoms with Gasteiger partial charge in [-0.2, -0.15) is 0 Å². The number of nitrogens with two attached hydrogens (primary N) is 1. The fourth-order valence-electron chi connectivity index (χ4n) is 1.73. The van der Waals surface area contributed by atoms with Gasteiger partial charge in [-0.3, -0.25) is 4.79 Å². The van der Waals surface area contributed by atoms with Gasteiger partial charge in [0.2, 0.25) is 0 Å². The summed E-state index contributed by atoms with van der Waals surface area (Å²) in [7, 11) is 0. The average molecular weight is 291 g/mol. The number of rotatable bonds is 4. The van der Waals surface area contributed by atoms with E-state index in [9.17, 15) is 9.18 Å². The second-order valence-corrected chi connectivity index (χ2v) is 4.34. The predicted octanol–water partition coefficient (Wildman–Crippen LogP) is 3.28. The van der Waals surface area contributed by atoms with Crippen LogP contribution in [-0.2, 0) is 0 Å². The van der Waals surface area contributed by atoms with Crippen molar-refractivity contribution in [1.82, 2.24) is 0 Å². The van der Waals surface area contributed by atoms with E-state index in [1.54, 1.807) is 30.3 Å². The van der Waals surface area contributed by atoms with E-state index >= 15 is 0 Å². The molecule has 0 spiro atoms. The van der Waals surface area contributed by atoms with Crippen LogP contribution >= 0.6 is 11.6 Å². The lowest BCUT2D eigenvalue weighted by Gasteiger charge is -2.07. The van der Waals surface area contributed by atoms with Crippen molar-refractivity contribution in [2.45, 2.75) is 0 Å². The molecule has 0 fully saturated rings. The van der Waals surface area contributed by atoms with E-state index < -0.39 is 5.82 Å². The van der Waals surface area contributed by atoms with E-state index in [2.05, 4.69) is 4.99 Å². The molecule has 0 atom stereocenters. The minimum Gasteiger partial charge on any atom is -0.386 e. The van der Waals surface area contributed by atoms with E-state index in [0.29, 0.717) is 5.56 Å². The number of hydrogen-bond acceptors (Lipinski definition) is 2. The highest BCUT2D eigenvalue weighted by Gasteiger charge is 2.16. The number of amidine groups is 1. The maximum absolute atomic E-state index is 13.9. The number of benzene rings is 2. The first-order valence-electron chi connectivity index (χ1n) is 5.90. The van der Waals surface area contributed by atoms with Gasteiger partial charge in [-0.25, -0.2) is 9.38 Å². The molecule has 0 aliphatic carbocycles. The Morgan fingerprint density at radius 3 is 2.50 bits per heavy atom. The van der Waals surface area contributed by atoms with Crippen LogP contribution < -0.4 is 5.73 Å². The number of carbonyl (C=O) groups is 1. The monoisotopic (exact) mass is 290 g/mol. The molecule has 2 N–H and O–H groups in total. The molecule has 0 saturated heterocycles. The lowest BCUT2D eigenvalue weighted by molar-refractivity contribution is 0.103. The fraction of sp³-hybridized carbons (Fsp3) is 0.0667. The quantitative estimate of drug-likeness (QED) is 0.406. The molecule has 0 saturated carbocycles. The van der Waals surface area contributed by atoms with Crippen LogP contribution in [0.25, 0.3) is 0 Å². The molecule has 0 amide bonds. The standard InChI is InChI=1S/C15H12ClFN2O/c16-9-13(18)19-14-11(7-4-8-12(14)17)15(20)10-5-2-1-3-6-10/h1-8H,9H2,(H2,18,19). The molecule has 0 aromatic heterocycles. The third-order valence-electron chi connectivity index (χ3n) is 2.66. The Morgan fingerprint density at radius 1 is 1.15 bits per heavy atom. The maximum atomic E-state index is 13.9. The Morgan fingerprint density at radius 2 is 1.85 bits per heavy atom. The van der Waals surface area contributed by atoms with Crippen LogP contribution in [0.1, 0.15) is 15.9 Å². The molecule has 0 unspecified atom stereocenters. The van der Waals surface area contributed by atoms with Crippen molar-refractivity contribution < 1.29 is 9.18 Å². The molecule has 102 valence electrons. The number of nitrogens with zero attached hydrogens (tertiary/aromatic N) is 1. The summed E-state index contributed by atoms with van der Waals surface area (Å²) in [4.78, 5) is 16.3. The van der Waals surface area contributed by atoms with Gasteiger partial charge >= 0.3 is 0 Å². The SMILES string of the molecule is NC(CCl)=Nc1c(F)cccc1C(=O)c1ccccc1. The highest BCUT2D eigenvalue weighted by Crippen LogP contribution is 2.25. The molecular formula is C15H12ClFN2O. The van der Waals surface area contributed by atoms with Crippen molar-refractivity contribution in [2.75, 3.05) is 5.88 Å². The number of carbonyl (C=O) groups excluding carboxylic acids is 1. The molecule has 0 heterocycles. The zero-order valence-electron chi connectivity index (χ0n) is 10.5. The first kappa shape index (κ1) is 14.2. The number of halogens is 2. The highest BCUT2D eigenvalue weighted by atomic mass is 35.5. The molecular weight excluding hydrogens is 279 g/mol. The molecule has 0 aliphatic rings. The Labute approximate surface area is 120 Å². The second-order valence-electron chi connectivity index (χ2n) is 4.07. The van der Waals surface area contributed by atoms with Gasteiger partial charge in [0.15, 0.2) is 5.78 Å². The number of hydrogen-bond donors (Lipinski definition) is 1. The van der Waals surface area contributed by atoms with Crippen LogP contribution in [0.4, 0.5) is 10.1 Å². The van der Waals surface area contributed by atoms with Crippen molar-refractivity contribution in [3.63, 3.8) is 0 Å². The van der Waals surface area contributed by atoms with Gasteiger partial charge in [0, 0.05) is 5.56 Å². The van der Waals surface area contributed by atoms with E-state index in [4.69, 9.17) is 17.3 Å². The van der Waals surface area contributed by atoms with E-state index in [1.807, 2.05) is 0 Å². The lowest BCUT2D eigenvalue weighted by Crippen LogP contribution is -2.13. The topological polar surface area (TPSA) is 55.4 Å². The third kappa shape index (κ3) is 3.03. The number of ketones is 1. The molecule has 5 heteroatoms. The van der Waals surface area contributed by atoms with Gasteiger partial charge < -0.3 is 5.73 Å². The zero-order valence-corrected chi connectivity index (χ0v) is 11.3. The molecule has 2 aromatic carbocycles. The Kier molecular flexibility index (Phi) is 4.48. The molecule has 2 rings (SSSR count). The second kappa shape index (κ2) is 6.30. The van der Waals surface area contributed by atoms with Gasteiger partial charge in [-0.05, 0) is 12.1 Å². The van der Waals surface area contributed by atoms with Gasteiger partial charge in [-0.1, -0.05) is 36.4 Å². The van der Waals surface area contributed by atoms with Crippen molar-refractivity contribution in [3.8, 4) is 0 Å². The molecule has 3 nitrogen and oxygen atoms in total. The van der Waals surface area contributed by atoms with Crippen molar-refractivity contribution in [2.24, 2.45) is 10.7 Å². The number of para-hydroxylation sites is 1. The van der Waals surface area contributed by atoms with Crippen molar-refractivity contribution >= 4 is 28.9 Å². The number of alkyl halides is 1. The zero-order chi connectivity index (χ0) is 14.5. The average Bonchev–Trinajstić information content (AvgIpc) is 2.49. The van der Waals surface area contributed by atoms with Crippen LogP contribution in [-0.4, -0.2) is 17.5 Å². The first-order chi connectivity index (χ1) is 9.63. The minimum atomic E-state index is -0.611. The Hall–Kier alpha value is -2.20. The molecule has 0 radical (unpaired) electrons. The molecule has 2 aromatic rings. The van der Waals surface area contributed by atoms with Crippen LogP contribution in [0, 0.1) is 5.82 Å². The summed E-state index contributed by atoms with van der Waals surface area (Å²) >= 11 is 5.54. The summed E-state index contributed by atoms with van der Waals surface area (Å²) in [5.74, 6) is -0.905. The maximum Gasteiger partial charge on any atom is 0.195 e. The van der Waals surface area contributed by atoms with Gasteiger partial charge in [0.25, 0.3) is 0 Å². The smallest absolute Gasteiger partial charge is 0.195 e. The fourth-order valence-corrected chi connectivity index (χ4v) is 1.79. The highest BCUT2D eigenvalue weighted by molar-refractivity contribution is 6.28. The van der Waals surface area contributed by atoms with Crippen LogP contribution in [0.15, 0.2) is 53.5 Å². The van der Waals surface area contributed by atoms with Gasteiger partial charge in [0.1, 0.15) is 17.3 Å².